The topological polar surface area (TPSA) is 25.2 Å². The Balaban J connectivity index is 2.44. The summed E-state index contributed by atoms with van der Waals surface area (Å²) in [5.74, 6) is 1.62. The molecule has 0 spiro atoms. The minimum atomic E-state index is -0.130. The van der Waals surface area contributed by atoms with E-state index in [-0.39, 0.29) is 11.9 Å². The fourth-order valence-electron chi connectivity index (χ4n) is 2.34. The summed E-state index contributed by atoms with van der Waals surface area (Å²) in [5.41, 5.74) is 2.37. The van der Waals surface area contributed by atoms with Gasteiger partial charge in [-0.05, 0) is 56.1 Å². The zero-order chi connectivity index (χ0) is 14.0. The van der Waals surface area contributed by atoms with Crippen LogP contribution in [0.15, 0.2) is 28.7 Å². The SMILES string of the molecule is CCNC(c1cc(C)c(F)c(C)c1)c1ccc(C)o1. The molecule has 19 heavy (non-hydrogen) atoms. The van der Waals surface area contributed by atoms with Crippen LogP contribution in [0.25, 0.3) is 0 Å². The fraction of sp³-hybridized carbons (Fsp3) is 0.375. The van der Waals surface area contributed by atoms with Crippen molar-refractivity contribution in [2.24, 2.45) is 0 Å². The van der Waals surface area contributed by atoms with E-state index in [2.05, 4.69) is 5.32 Å². The molecular weight excluding hydrogens is 241 g/mol. The van der Waals surface area contributed by atoms with Gasteiger partial charge in [-0.1, -0.05) is 19.1 Å². The van der Waals surface area contributed by atoms with Gasteiger partial charge >= 0.3 is 0 Å². The summed E-state index contributed by atoms with van der Waals surface area (Å²) in [6.45, 7) is 8.38. The molecule has 0 radical (unpaired) electrons. The van der Waals surface area contributed by atoms with Gasteiger partial charge in [0.25, 0.3) is 0 Å². The Morgan fingerprint density at radius 3 is 2.26 bits per heavy atom. The van der Waals surface area contributed by atoms with E-state index < -0.39 is 0 Å². The van der Waals surface area contributed by atoms with Crippen molar-refractivity contribution in [1.29, 1.82) is 0 Å². The minimum Gasteiger partial charge on any atom is -0.464 e. The van der Waals surface area contributed by atoms with E-state index in [1.165, 1.54) is 0 Å². The Labute approximate surface area is 113 Å². The molecule has 3 heteroatoms. The maximum absolute atomic E-state index is 13.7. The zero-order valence-corrected chi connectivity index (χ0v) is 11.9. The lowest BCUT2D eigenvalue weighted by molar-refractivity contribution is 0.434. The predicted molar refractivity (Wildman–Crippen MR) is 74.8 cm³/mol. The minimum absolute atomic E-state index is 0.0308. The molecule has 1 atom stereocenters. The smallest absolute Gasteiger partial charge is 0.129 e. The molecule has 2 aromatic rings. The third kappa shape index (κ3) is 2.87. The molecule has 0 aliphatic rings. The summed E-state index contributed by atoms with van der Waals surface area (Å²) < 4.78 is 19.4. The van der Waals surface area contributed by atoms with Gasteiger partial charge in [0.2, 0.25) is 0 Å². The van der Waals surface area contributed by atoms with Crippen LogP contribution in [0.3, 0.4) is 0 Å². The molecule has 1 aromatic heterocycles. The average Bonchev–Trinajstić information content (AvgIpc) is 2.79. The van der Waals surface area contributed by atoms with Crippen LogP contribution in [-0.2, 0) is 0 Å². The zero-order valence-electron chi connectivity index (χ0n) is 11.9. The molecule has 0 bridgehead atoms. The number of nitrogens with one attached hydrogen (secondary N) is 1. The van der Waals surface area contributed by atoms with Gasteiger partial charge in [-0.25, -0.2) is 4.39 Å². The van der Waals surface area contributed by atoms with Crippen molar-refractivity contribution in [2.75, 3.05) is 6.54 Å². The Hall–Kier alpha value is -1.61. The molecule has 2 rings (SSSR count). The van der Waals surface area contributed by atoms with Crippen molar-refractivity contribution in [3.8, 4) is 0 Å². The van der Waals surface area contributed by atoms with Crippen LogP contribution < -0.4 is 5.32 Å². The number of rotatable bonds is 4. The second-order valence-electron chi connectivity index (χ2n) is 4.91. The lowest BCUT2D eigenvalue weighted by Crippen LogP contribution is -2.22. The lowest BCUT2D eigenvalue weighted by Gasteiger charge is -2.18. The highest BCUT2D eigenvalue weighted by Crippen LogP contribution is 2.26. The summed E-state index contributed by atoms with van der Waals surface area (Å²) in [5, 5.41) is 3.39. The van der Waals surface area contributed by atoms with E-state index in [9.17, 15) is 4.39 Å². The van der Waals surface area contributed by atoms with Crippen molar-refractivity contribution < 1.29 is 8.81 Å². The van der Waals surface area contributed by atoms with Crippen LogP contribution >= 0.6 is 0 Å². The van der Waals surface area contributed by atoms with Gasteiger partial charge in [0, 0.05) is 0 Å². The first-order valence-corrected chi connectivity index (χ1v) is 6.59. The predicted octanol–water partition coefficient (Wildman–Crippen LogP) is 4.04. The van der Waals surface area contributed by atoms with Crippen LogP contribution in [0, 0.1) is 26.6 Å². The van der Waals surface area contributed by atoms with Gasteiger partial charge in [-0.2, -0.15) is 0 Å². The first-order valence-electron chi connectivity index (χ1n) is 6.59. The number of furan rings is 1. The highest BCUT2D eigenvalue weighted by molar-refractivity contribution is 5.35. The van der Waals surface area contributed by atoms with Crippen molar-refractivity contribution in [1.82, 2.24) is 5.32 Å². The normalized spacial score (nSPS) is 12.7. The molecule has 0 saturated heterocycles. The highest BCUT2D eigenvalue weighted by Gasteiger charge is 2.18. The average molecular weight is 261 g/mol. The second-order valence-corrected chi connectivity index (χ2v) is 4.91. The third-order valence-corrected chi connectivity index (χ3v) is 3.25. The fourth-order valence-corrected chi connectivity index (χ4v) is 2.34. The molecule has 1 heterocycles. The van der Waals surface area contributed by atoms with Gasteiger partial charge in [-0.3, -0.25) is 0 Å². The molecule has 0 amide bonds. The number of hydrogen-bond donors (Lipinski definition) is 1. The Morgan fingerprint density at radius 2 is 1.79 bits per heavy atom. The van der Waals surface area contributed by atoms with E-state index in [0.717, 1.165) is 23.6 Å². The Kier molecular flexibility index (Phi) is 4.05. The van der Waals surface area contributed by atoms with Crippen LogP contribution in [0.5, 0.6) is 0 Å². The van der Waals surface area contributed by atoms with Crippen LogP contribution in [0.1, 0.15) is 41.2 Å². The number of hydrogen-bond acceptors (Lipinski definition) is 2. The van der Waals surface area contributed by atoms with Crippen molar-refractivity contribution in [2.45, 2.75) is 33.7 Å². The maximum Gasteiger partial charge on any atom is 0.129 e. The molecule has 1 unspecified atom stereocenters. The largest absolute Gasteiger partial charge is 0.464 e. The van der Waals surface area contributed by atoms with E-state index in [1.807, 2.05) is 38.1 Å². The number of aryl methyl sites for hydroxylation is 3. The Bertz CT molecular complexity index is 551. The molecule has 0 aliphatic carbocycles. The highest BCUT2D eigenvalue weighted by atomic mass is 19.1. The van der Waals surface area contributed by atoms with Crippen LogP contribution in [0.2, 0.25) is 0 Å². The number of halogens is 1. The van der Waals surface area contributed by atoms with E-state index >= 15 is 0 Å². The van der Waals surface area contributed by atoms with Gasteiger partial charge < -0.3 is 9.73 Å². The molecule has 2 nitrogen and oxygen atoms in total. The molecule has 1 N–H and O–H groups in total. The van der Waals surface area contributed by atoms with Gasteiger partial charge in [0.15, 0.2) is 0 Å². The first kappa shape index (κ1) is 13.8. The maximum atomic E-state index is 13.7. The van der Waals surface area contributed by atoms with E-state index in [4.69, 9.17) is 4.42 Å². The Morgan fingerprint density at radius 1 is 1.16 bits per heavy atom. The molecule has 0 saturated carbocycles. The van der Waals surface area contributed by atoms with Crippen LogP contribution in [0.4, 0.5) is 4.39 Å². The number of benzene rings is 1. The lowest BCUT2D eigenvalue weighted by atomic mass is 9.99. The van der Waals surface area contributed by atoms with E-state index in [0.29, 0.717) is 11.1 Å². The van der Waals surface area contributed by atoms with Gasteiger partial charge in [-0.15, -0.1) is 0 Å². The molecule has 0 aliphatic heterocycles. The molecular formula is C16H20FNO. The summed E-state index contributed by atoms with van der Waals surface area (Å²) in [6, 6.07) is 7.65. The van der Waals surface area contributed by atoms with Crippen LogP contribution in [-0.4, -0.2) is 6.54 Å². The van der Waals surface area contributed by atoms with Gasteiger partial charge in [0.05, 0.1) is 6.04 Å². The third-order valence-electron chi connectivity index (χ3n) is 3.25. The monoisotopic (exact) mass is 261 g/mol. The van der Waals surface area contributed by atoms with E-state index in [1.54, 1.807) is 13.8 Å². The van der Waals surface area contributed by atoms with Crippen molar-refractivity contribution >= 4 is 0 Å². The first-order chi connectivity index (χ1) is 9.02. The molecule has 1 aromatic carbocycles. The second kappa shape index (κ2) is 5.57. The van der Waals surface area contributed by atoms with Gasteiger partial charge in [0.1, 0.15) is 17.3 Å². The summed E-state index contributed by atoms with van der Waals surface area (Å²) in [7, 11) is 0. The summed E-state index contributed by atoms with van der Waals surface area (Å²) in [4.78, 5) is 0. The summed E-state index contributed by atoms with van der Waals surface area (Å²) in [6.07, 6.45) is 0. The van der Waals surface area contributed by atoms with Crippen molar-refractivity contribution in [3.05, 3.63) is 58.3 Å². The molecule has 0 fully saturated rings. The summed E-state index contributed by atoms with van der Waals surface area (Å²) >= 11 is 0. The quantitative estimate of drug-likeness (QED) is 0.898. The standard InChI is InChI=1S/C16H20FNO/c1-5-18-16(14-7-6-12(4)19-14)13-8-10(2)15(17)11(3)9-13/h6-9,16,18H,5H2,1-4H3. The molecule has 102 valence electrons. The van der Waals surface area contributed by atoms with Crippen molar-refractivity contribution in [3.63, 3.8) is 0 Å².